The van der Waals surface area contributed by atoms with Gasteiger partial charge in [-0.05, 0) is 142 Å². The number of anilines is 1. The zero-order chi connectivity index (χ0) is 52.2. The summed E-state index contributed by atoms with van der Waals surface area (Å²) in [5, 5.41) is 42.1. The van der Waals surface area contributed by atoms with Crippen molar-refractivity contribution in [3.05, 3.63) is 64.7 Å². The number of phenolic OH excluding ortho intramolecular Hbond substituents is 1. The Bertz CT molecular complexity index is 2230. The van der Waals surface area contributed by atoms with E-state index in [0.29, 0.717) is 73.2 Å². The van der Waals surface area contributed by atoms with Gasteiger partial charge in [0.2, 0.25) is 23.6 Å². The van der Waals surface area contributed by atoms with Crippen LogP contribution in [-0.2, 0) is 46.0 Å². The van der Waals surface area contributed by atoms with Crippen LogP contribution >= 0.6 is 67.8 Å². The molecular weight excluding hydrogens is 1290 g/mol. The summed E-state index contributed by atoms with van der Waals surface area (Å²) in [6.45, 7) is 2.53. The molecule has 2 fully saturated rings. The molecular formula is C47H62F3I3N8O11. The van der Waals surface area contributed by atoms with Gasteiger partial charge in [0.1, 0.15) is 35.6 Å². The minimum Gasteiger partial charge on any atom is -0.507 e. The van der Waals surface area contributed by atoms with Gasteiger partial charge in [0, 0.05) is 58.1 Å². The summed E-state index contributed by atoms with van der Waals surface area (Å²) in [5.41, 5.74) is 6.04. The van der Waals surface area contributed by atoms with Gasteiger partial charge in [-0.2, -0.15) is 13.2 Å². The first kappa shape index (κ1) is 59.4. The molecule has 0 unspecified atom stereocenters. The third-order valence-electron chi connectivity index (χ3n) is 11.7. The van der Waals surface area contributed by atoms with Crippen LogP contribution in [0, 0.1) is 10.7 Å². The number of unbranched alkanes of at least 4 members (excludes halogenated alkanes) is 3. The third-order valence-corrected chi connectivity index (χ3v) is 14.2. The molecule has 0 radical (unpaired) electrons. The lowest BCUT2D eigenvalue weighted by atomic mass is 9.98. The number of aromatic nitrogens is 2. The molecule has 25 heteroatoms. The van der Waals surface area contributed by atoms with Gasteiger partial charge in [0.05, 0.1) is 61.6 Å². The fourth-order valence-corrected chi connectivity index (χ4v) is 10.3. The van der Waals surface area contributed by atoms with Crippen LogP contribution in [0.25, 0.3) is 0 Å². The molecule has 5 atom stereocenters. The number of aromatic hydroxyl groups is 1. The minimum atomic E-state index is -4.68. The number of nitrogens with two attached hydrogens (primary N) is 1. The Balaban J connectivity index is 0.807. The average Bonchev–Trinajstić information content (AvgIpc) is 3.33. The SMILES string of the molecule is N[C@@H](Cc1cc(I)c(Oc2ccc(O)c(I)c2)c(I)c1)C(=O)NC1CCN(C(=O)CCCC(=O)NCCOCCC(=O)NCCCCCCOC[C@H]2OC[C@H](Nc3cncc(C(F)(F)F)n3)[C@@H](O)[C@H]2O)CC1. The quantitative estimate of drug-likeness (QED) is 0.0378. The largest absolute Gasteiger partial charge is 0.507 e. The van der Waals surface area contributed by atoms with Crippen LogP contribution in [0.15, 0.2) is 42.7 Å². The lowest BCUT2D eigenvalue weighted by Gasteiger charge is -2.38. The number of hydrogen-bond donors (Lipinski definition) is 8. The maximum Gasteiger partial charge on any atom is 0.434 e. The molecule has 4 amide bonds. The Kier molecular flexibility index (Phi) is 24.9. The van der Waals surface area contributed by atoms with Crippen LogP contribution in [0.1, 0.15) is 75.5 Å². The summed E-state index contributed by atoms with van der Waals surface area (Å²) in [5.74, 6) is 0.632. The number of phenols is 1. The first-order chi connectivity index (χ1) is 34.4. The highest BCUT2D eigenvalue weighted by atomic mass is 127. The average molecular weight is 1350 g/mol. The smallest absolute Gasteiger partial charge is 0.434 e. The standard InChI is InChI=1S/C47H62F3I3N8O11/c48-47(49,50)38-24-55-25-39(60-38)59-35-26-71-37(44(67)43(35)66)27-70-17-4-2-1-3-13-56-41(64)12-18-69-19-14-57-40(63)6-5-7-42(65)61-15-10-29(11-16-61)58-46(68)34(54)22-28-20-32(52)45(33(53)21-28)72-30-8-9-36(62)31(51)23-30/h8-9,20-21,23-25,29,34-35,37,43-44,62,66-67H,1-7,10-19,22,26-27,54H2,(H,56,64)(H,57,63)(H,58,68)(H,59,60)/t34-,35-,37+,43+,44-/m0/s1. The molecule has 5 rings (SSSR count). The van der Waals surface area contributed by atoms with E-state index in [4.69, 9.17) is 24.7 Å². The van der Waals surface area contributed by atoms with Crippen molar-refractivity contribution in [2.75, 3.05) is 64.5 Å². The number of aliphatic hydroxyl groups is 2. The molecule has 2 saturated heterocycles. The van der Waals surface area contributed by atoms with Gasteiger partial charge in [-0.25, -0.2) is 4.98 Å². The van der Waals surface area contributed by atoms with Crippen molar-refractivity contribution < 1.29 is 66.6 Å². The molecule has 398 valence electrons. The number of ether oxygens (including phenoxy) is 4. The molecule has 2 aromatic carbocycles. The van der Waals surface area contributed by atoms with E-state index in [1.165, 1.54) is 0 Å². The van der Waals surface area contributed by atoms with Crippen LogP contribution < -0.4 is 31.7 Å². The van der Waals surface area contributed by atoms with Gasteiger partial charge in [0.15, 0.2) is 11.4 Å². The Morgan fingerprint density at radius 2 is 1.56 bits per heavy atom. The van der Waals surface area contributed by atoms with E-state index in [-0.39, 0.29) is 93.5 Å². The van der Waals surface area contributed by atoms with E-state index in [2.05, 4.69) is 76.4 Å². The highest BCUT2D eigenvalue weighted by Crippen LogP contribution is 2.35. The van der Waals surface area contributed by atoms with E-state index < -0.39 is 42.3 Å². The molecule has 19 nitrogen and oxygen atoms in total. The highest BCUT2D eigenvalue weighted by Gasteiger charge is 2.39. The number of piperidine rings is 1. The Hall–Kier alpha value is -3.46. The number of alkyl halides is 3. The Morgan fingerprint density at radius 1 is 0.847 bits per heavy atom. The number of amides is 4. The second-order valence-electron chi connectivity index (χ2n) is 17.4. The molecule has 0 saturated carbocycles. The normalized spacial score (nSPS) is 18.8. The van der Waals surface area contributed by atoms with Crippen molar-refractivity contribution in [3.8, 4) is 17.2 Å². The fraction of sp³-hybridized carbons (Fsp3) is 0.574. The zero-order valence-electron chi connectivity index (χ0n) is 39.4. The van der Waals surface area contributed by atoms with Crippen LogP contribution in [0.5, 0.6) is 17.2 Å². The van der Waals surface area contributed by atoms with Gasteiger partial charge in [0.25, 0.3) is 0 Å². The Labute approximate surface area is 456 Å². The molecule has 3 heterocycles. The van der Waals surface area contributed by atoms with Crippen molar-refractivity contribution in [1.82, 2.24) is 30.8 Å². The number of aliphatic hydroxyl groups excluding tert-OH is 2. The first-order valence-corrected chi connectivity index (χ1v) is 26.9. The van der Waals surface area contributed by atoms with Crippen molar-refractivity contribution >= 4 is 97.2 Å². The molecule has 0 spiro atoms. The number of carbonyl (C=O) groups excluding carboxylic acids is 4. The molecule has 9 N–H and O–H groups in total. The summed E-state index contributed by atoms with van der Waals surface area (Å²) >= 11 is 6.42. The van der Waals surface area contributed by atoms with Gasteiger partial charge in [-0.3, -0.25) is 24.2 Å². The maximum atomic E-state index is 13.0. The van der Waals surface area contributed by atoms with Crippen molar-refractivity contribution in [2.24, 2.45) is 5.73 Å². The van der Waals surface area contributed by atoms with Gasteiger partial charge in [-0.15, -0.1) is 0 Å². The van der Waals surface area contributed by atoms with Crippen LogP contribution in [0.2, 0.25) is 0 Å². The lowest BCUT2D eigenvalue weighted by Crippen LogP contribution is -2.57. The summed E-state index contributed by atoms with van der Waals surface area (Å²) < 4.78 is 64.0. The predicted molar refractivity (Wildman–Crippen MR) is 283 cm³/mol. The number of nitrogens with one attached hydrogen (secondary N) is 4. The van der Waals surface area contributed by atoms with Crippen LogP contribution in [0.4, 0.5) is 19.0 Å². The van der Waals surface area contributed by atoms with E-state index in [9.17, 15) is 47.7 Å². The van der Waals surface area contributed by atoms with Crippen molar-refractivity contribution in [1.29, 1.82) is 0 Å². The second-order valence-corrected chi connectivity index (χ2v) is 20.9. The first-order valence-electron chi connectivity index (χ1n) is 23.7. The van der Waals surface area contributed by atoms with Crippen molar-refractivity contribution in [3.63, 3.8) is 0 Å². The number of nitrogens with zero attached hydrogens (tertiary/aromatic N) is 3. The number of benzene rings is 2. The number of carbonyl (C=O) groups is 4. The summed E-state index contributed by atoms with van der Waals surface area (Å²) in [6, 6.07) is 7.15. The molecule has 0 bridgehead atoms. The zero-order valence-corrected chi connectivity index (χ0v) is 45.9. The Morgan fingerprint density at radius 3 is 2.28 bits per heavy atom. The highest BCUT2D eigenvalue weighted by molar-refractivity contribution is 14.1. The van der Waals surface area contributed by atoms with Crippen LogP contribution in [-0.4, -0.2) is 149 Å². The van der Waals surface area contributed by atoms with Crippen molar-refractivity contribution in [2.45, 2.75) is 113 Å². The monoisotopic (exact) mass is 1350 g/mol. The number of hydrogen-bond acceptors (Lipinski definition) is 15. The number of likely N-dealkylation sites (tertiary alicyclic amines) is 1. The predicted octanol–water partition coefficient (Wildman–Crippen LogP) is 4.77. The maximum absolute atomic E-state index is 13.0. The number of halogens is 6. The number of rotatable bonds is 27. The summed E-state index contributed by atoms with van der Waals surface area (Å²) in [4.78, 5) is 59.2. The van der Waals surface area contributed by atoms with Crippen LogP contribution in [0.3, 0.4) is 0 Å². The van der Waals surface area contributed by atoms with E-state index in [0.717, 1.165) is 44.6 Å². The molecule has 2 aliphatic rings. The summed E-state index contributed by atoms with van der Waals surface area (Å²) in [6.07, 6.45) is -0.795. The summed E-state index contributed by atoms with van der Waals surface area (Å²) in [7, 11) is 0. The van der Waals surface area contributed by atoms with Gasteiger partial charge < -0.3 is 66.2 Å². The van der Waals surface area contributed by atoms with E-state index in [1.54, 1.807) is 23.1 Å². The topological polar surface area (TPSA) is 269 Å². The van der Waals surface area contributed by atoms with Gasteiger partial charge in [-0.1, -0.05) is 12.8 Å². The van der Waals surface area contributed by atoms with Gasteiger partial charge >= 0.3 is 6.18 Å². The molecule has 1 aromatic heterocycles. The molecule has 0 aliphatic carbocycles. The minimum absolute atomic E-state index is 0.0209. The molecule has 2 aliphatic heterocycles. The molecule has 72 heavy (non-hydrogen) atoms. The third kappa shape index (κ3) is 20.0. The fourth-order valence-electron chi connectivity index (χ4n) is 7.72. The lowest BCUT2D eigenvalue weighted by molar-refractivity contribution is -0.159. The second kappa shape index (κ2) is 30.2. The van der Waals surface area contributed by atoms with E-state index in [1.807, 2.05) is 34.7 Å². The molecule has 3 aromatic rings. The van der Waals surface area contributed by atoms with E-state index >= 15 is 0 Å².